The van der Waals surface area contributed by atoms with Gasteiger partial charge in [-0.2, -0.15) is 0 Å². The Morgan fingerprint density at radius 1 is 0.708 bits per heavy atom. The Hall–Kier alpha value is -3.14. The Labute approximate surface area is 141 Å². The van der Waals surface area contributed by atoms with Gasteiger partial charge in [0.2, 0.25) is 0 Å². The zero-order valence-corrected chi connectivity index (χ0v) is 13.3. The normalized spacial score (nSPS) is 20.5. The highest BCUT2D eigenvalue weighted by Crippen LogP contribution is 2.27. The summed E-state index contributed by atoms with van der Waals surface area (Å²) in [5.41, 5.74) is 5.13. The highest BCUT2D eigenvalue weighted by atomic mass is 15.0. The topological polar surface area (TPSA) is 35.6 Å². The number of allylic oxidation sites excluding steroid dienone is 10. The van der Waals surface area contributed by atoms with Crippen LogP contribution in [0, 0.1) is 0 Å². The van der Waals surface area contributed by atoms with E-state index in [4.69, 9.17) is 0 Å². The molecule has 4 nitrogen and oxygen atoms in total. The predicted octanol–water partition coefficient (Wildman–Crippen LogP) is 4.23. The third-order valence-corrected chi connectivity index (χ3v) is 4.08. The van der Waals surface area contributed by atoms with E-state index in [1.54, 1.807) is 25.0 Å². The van der Waals surface area contributed by atoms with Crippen molar-refractivity contribution < 1.29 is 0 Å². The van der Waals surface area contributed by atoms with Crippen molar-refractivity contribution in [2.75, 3.05) is 0 Å². The lowest BCUT2D eigenvalue weighted by Gasteiger charge is -2.14. The van der Waals surface area contributed by atoms with E-state index in [0.29, 0.717) is 0 Å². The van der Waals surface area contributed by atoms with Crippen LogP contribution in [-0.2, 0) is 0 Å². The largest absolute Gasteiger partial charge is 0.313 e. The molecule has 2 aliphatic rings. The molecule has 4 heteroatoms. The second kappa shape index (κ2) is 6.54. The van der Waals surface area contributed by atoms with E-state index in [0.717, 1.165) is 12.8 Å². The Morgan fingerprint density at radius 2 is 1.21 bits per heavy atom. The predicted molar refractivity (Wildman–Crippen MR) is 96.7 cm³/mol. The van der Waals surface area contributed by atoms with Crippen LogP contribution in [0.1, 0.15) is 12.8 Å². The molecule has 0 N–H and O–H groups in total. The van der Waals surface area contributed by atoms with Crippen LogP contribution in [0.15, 0.2) is 96.2 Å². The molecule has 0 amide bonds. The number of rotatable bonds is 3. The van der Waals surface area contributed by atoms with Crippen LogP contribution in [0.25, 0.3) is 12.4 Å². The van der Waals surface area contributed by atoms with Gasteiger partial charge in [-0.05, 0) is 35.1 Å². The maximum atomic E-state index is 4.06. The maximum absolute atomic E-state index is 4.06. The number of aromatic nitrogens is 4. The van der Waals surface area contributed by atoms with Crippen molar-refractivity contribution in [1.82, 2.24) is 19.1 Å². The second-order valence-electron chi connectivity index (χ2n) is 5.82. The minimum absolute atomic E-state index is 0.937. The SMILES string of the molecule is C1=CC(C2=CCC(=Cn3ccnc3)C=C2)=CCC1=Cn1ccnc1. The molecule has 0 saturated carbocycles. The smallest absolute Gasteiger partial charge is 0.0986 e. The molecule has 2 heterocycles. The van der Waals surface area contributed by atoms with E-state index in [1.165, 1.54) is 22.3 Å². The molecule has 0 atom stereocenters. The van der Waals surface area contributed by atoms with Crippen molar-refractivity contribution in [1.29, 1.82) is 0 Å². The zero-order chi connectivity index (χ0) is 16.2. The average Bonchev–Trinajstić information content (AvgIpc) is 3.31. The highest BCUT2D eigenvalue weighted by Gasteiger charge is 2.08. The first-order valence-electron chi connectivity index (χ1n) is 8.00. The van der Waals surface area contributed by atoms with E-state index in [-0.39, 0.29) is 0 Å². The number of hydrogen-bond acceptors (Lipinski definition) is 2. The summed E-state index contributed by atoms with van der Waals surface area (Å²) in [4.78, 5) is 8.12. The summed E-state index contributed by atoms with van der Waals surface area (Å²) in [7, 11) is 0. The molecule has 24 heavy (non-hydrogen) atoms. The number of imidazole rings is 2. The van der Waals surface area contributed by atoms with Crippen LogP contribution >= 0.6 is 0 Å². The lowest BCUT2D eigenvalue weighted by atomic mass is 9.92. The van der Waals surface area contributed by atoms with Crippen molar-refractivity contribution in [2.24, 2.45) is 0 Å². The molecule has 0 bridgehead atoms. The zero-order valence-electron chi connectivity index (χ0n) is 13.3. The Kier molecular flexibility index (Phi) is 3.94. The summed E-state index contributed by atoms with van der Waals surface area (Å²) in [5.74, 6) is 0. The van der Waals surface area contributed by atoms with E-state index < -0.39 is 0 Å². The fraction of sp³-hybridized carbons (Fsp3) is 0.100. The van der Waals surface area contributed by atoms with Crippen LogP contribution in [0.3, 0.4) is 0 Å². The van der Waals surface area contributed by atoms with Crippen LogP contribution in [0.5, 0.6) is 0 Å². The number of hydrogen-bond donors (Lipinski definition) is 0. The number of nitrogens with zero attached hydrogens (tertiary/aromatic N) is 4. The molecule has 0 fully saturated rings. The standard InChI is InChI=1S/C20H18N4/c1-5-19(6-2-17(1)13-23-11-9-21-15-23)20-7-3-18(4-8-20)14-24-12-10-22-16-24/h1,3,5-16H,2,4H2. The molecule has 2 aromatic rings. The van der Waals surface area contributed by atoms with Crippen molar-refractivity contribution >= 4 is 12.4 Å². The van der Waals surface area contributed by atoms with Crippen LogP contribution in [-0.4, -0.2) is 19.1 Å². The van der Waals surface area contributed by atoms with Gasteiger partial charge < -0.3 is 9.13 Å². The molecular formula is C20H18N4. The summed E-state index contributed by atoms with van der Waals surface area (Å²) in [5, 5.41) is 0. The van der Waals surface area contributed by atoms with Gasteiger partial charge in [0.05, 0.1) is 12.7 Å². The maximum Gasteiger partial charge on any atom is 0.0986 e. The van der Waals surface area contributed by atoms with Crippen molar-refractivity contribution in [2.45, 2.75) is 12.8 Å². The van der Waals surface area contributed by atoms with Crippen LogP contribution < -0.4 is 0 Å². The lowest BCUT2D eigenvalue weighted by molar-refractivity contribution is 1.10. The van der Waals surface area contributed by atoms with Gasteiger partial charge in [0.25, 0.3) is 0 Å². The van der Waals surface area contributed by atoms with Gasteiger partial charge >= 0.3 is 0 Å². The quantitative estimate of drug-likeness (QED) is 0.849. The van der Waals surface area contributed by atoms with Crippen molar-refractivity contribution in [3.63, 3.8) is 0 Å². The van der Waals surface area contributed by atoms with Crippen LogP contribution in [0.2, 0.25) is 0 Å². The molecule has 0 unspecified atom stereocenters. The molecule has 0 aromatic carbocycles. The molecule has 118 valence electrons. The highest BCUT2D eigenvalue weighted by molar-refractivity contribution is 5.57. The van der Waals surface area contributed by atoms with Crippen molar-refractivity contribution in [3.05, 3.63) is 96.2 Å². The summed E-state index contributed by atoms with van der Waals surface area (Å²) in [6, 6.07) is 0. The Morgan fingerprint density at radius 3 is 1.54 bits per heavy atom. The molecule has 0 radical (unpaired) electrons. The average molecular weight is 314 g/mol. The van der Waals surface area contributed by atoms with Gasteiger partial charge in [0, 0.05) is 37.2 Å². The first kappa shape index (κ1) is 14.5. The van der Waals surface area contributed by atoms with Crippen molar-refractivity contribution in [3.8, 4) is 0 Å². The monoisotopic (exact) mass is 314 g/mol. The minimum atomic E-state index is 0.937. The lowest BCUT2D eigenvalue weighted by Crippen LogP contribution is -1.96. The third-order valence-electron chi connectivity index (χ3n) is 4.08. The fourth-order valence-electron chi connectivity index (χ4n) is 2.82. The van der Waals surface area contributed by atoms with Gasteiger partial charge in [-0.3, -0.25) is 0 Å². The Bertz CT molecular complexity index is 809. The summed E-state index contributed by atoms with van der Waals surface area (Å²) < 4.78 is 3.96. The molecular weight excluding hydrogens is 296 g/mol. The van der Waals surface area contributed by atoms with E-state index in [2.05, 4.69) is 58.8 Å². The summed E-state index contributed by atoms with van der Waals surface area (Å²) in [6.45, 7) is 0. The van der Waals surface area contributed by atoms with E-state index in [9.17, 15) is 0 Å². The molecule has 2 aromatic heterocycles. The first-order valence-corrected chi connectivity index (χ1v) is 8.00. The summed E-state index contributed by atoms with van der Waals surface area (Å²) in [6.07, 6.45) is 30.5. The third kappa shape index (κ3) is 3.27. The van der Waals surface area contributed by atoms with Gasteiger partial charge in [-0.15, -0.1) is 0 Å². The minimum Gasteiger partial charge on any atom is -0.313 e. The fourth-order valence-corrected chi connectivity index (χ4v) is 2.82. The molecule has 2 aliphatic carbocycles. The van der Waals surface area contributed by atoms with Crippen LogP contribution in [0.4, 0.5) is 0 Å². The first-order chi connectivity index (χ1) is 11.9. The van der Waals surface area contributed by atoms with E-state index in [1.807, 2.05) is 21.5 Å². The van der Waals surface area contributed by atoms with Gasteiger partial charge in [-0.1, -0.05) is 36.5 Å². The second-order valence-corrected chi connectivity index (χ2v) is 5.82. The molecule has 0 spiro atoms. The molecule has 0 aliphatic heterocycles. The van der Waals surface area contributed by atoms with Gasteiger partial charge in [0.1, 0.15) is 0 Å². The van der Waals surface area contributed by atoms with Gasteiger partial charge in [0.15, 0.2) is 0 Å². The summed E-state index contributed by atoms with van der Waals surface area (Å²) >= 11 is 0. The molecule has 0 saturated heterocycles. The van der Waals surface area contributed by atoms with Gasteiger partial charge in [-0.25, -0.2) is 9.97 Å². The van der Waals surface area contributed by atoms with E-state index >= 15 is 0 Å². The Balaban J connectivity index is 1.43. The molecule has 4 rings (SSSR count).